The summed E-state index contributed by atoms with van der Waals surface area (Å²) >= 11 is 11.9. The topological polar surface area (TPSA) is 33.0 Å². The average Bonchev–Trinajstić information content (AvgIpc) is 2.48. The van der Waals surface area contributed by atoms with E-state index < -0.39 is 0 Å². The van der Waals surface area contributed by atoms with E-state index in [1.165, 1.54) is 0 Å². The summed E-state index contributed by atoms with van der Waals surface area (Å²) in [4.78, 5) is 0. The zero-order chi connectivity index (χ0) is 15.2. The minimum atomic E-state index is 0.574. The summed E-state index contributed by atoms with van der Waals surface area (Å²) < 4.78 is 5.74. The molecule has 0 amide bonds. The lowest BCUT2D eigenvalue weighted by atomic mass is 10.1. The number of aryl methyl sites for hydroxylation is 2. The van der Waals surface area contributed by atoms with Gasteiger partial charge in [0.15, 0.2) is 0 Å². The standard InChI is InChI=1S/C17H15Cl2NO/c1-12-9-14(11-20)5-7-17(12)21-8-2-3-13-4-6-15(18)16(19)10-13/h4-7,9-10H,2-3,8H2,1H3. The number of benzene rings is 2. The normalized spacial score (nSPS) is 10.2. The fourth-order valence-electron chi connectivity index (χ4n) is 2.03. The van der Waals surface area contributed by atoms with Crippen LogP contribution in [0.1, 0.15) is 23.1 Å². The van der Waals surface area contributed by atoms with Crippen molar-refractivity contribution in [3.05, 3.63) is 63.1 Å². The van der Waals surface area contributed by atoms with Crippen molar-refractivity contribution in [1.82, 2.24) is 0 Å². The van der Waals surface area contributed by atoms with E-state index in [0.29, 0.717) is 22.2 Å². The molecule has 0 unspecified atom stereocenters. The molecule has 0 N–H and O–H groups in total. The number of hydrogen-bond acceptors (Lipinski definition) is 2. The molecular formula is C17H15Cl2NO. The Balaban J connectivity index is 1.84. The van der Waals surface area contributed by atoms with E-state index in [2.05, 4.69) is 6.07 Å². The van der Waals surface area contributed by atoms with Gasteiger partial charge in [-0.1, -0.05) is 29.3 Å². The van der Waals surface area contributed by atoms with E-state index in [1.54, 1.807) is 6.07 Å². The highest BCUT2D eigenvalue weighted by atomic mass is 35.5. The quantitative estimate of drug-likeness (QED) is 0.711. The maximum absolute atomic E-state index is 8.82. The molecule has 21 heavy (non-hydrogen) atoms. The molecule has 0 bridgehead atoms. The van der Waals surface area contributed by atoms with E-state index in [0.717, 1.165) is 29.7 Å². The van der Waals surface area contributed by atoms with Gasteiger partial charge >= 0.3 is 0 Å². The highest BCUT2D eigenvalue weighted by Gasteiger charge is 2.02. The van der Waals surface area contributed by atoms with Crippen LogP contribution in [0.25, 0.3) is 0 Å². The first kappa shape index (κ1) is 15.7. The number of rotatable bonds is 5. The largest absolute Gasteiger partial charge is 0.493 e. The lowest BCUT2D eigenvalue weighted by molar-refractivity contribution is 0.309. The zero-order valence-corrected chi connectivity index (χ0v) is 13.2. The summed E-state index contributed by atoms with van der Waals surface area (Å²) in [6.07, 6.45) is 1.77. The van der Waals surface area contributed by atoms with Crippen molar-refractivity contribution < 1.29 is 4.74 Å². The van der Waals surface area contributed by atoms with Crippen LogP contribution in [-0.2, 0) is 6.42 Å². The summed E-state index contributed by atoms with van der Waals surface area (Å²) in [5.74, 6) is 0.822. The Morgan fingerprint density at radius 1 is 1.10 bits per heavy atom. The van der Waals surface area contributed by atoms with Gasteiger partial charge in [-0.25, -0.2) is 0 Å². The van der Waals surface area contributed by atoms with Crippen molar-refractivity contribution in [2.24, 2.45) is 0 Å². The molecule has 2 aromatic carbocycles. The lowest BCUT2D eigenvalue weighted by Gasteiger charge is -2.09. The van der Waals surface area contributed by atoms with Crippen LogP contribution in [0.2, 0.25) is 10.0 Å². The molecule has 0 aliphatic rings. The predicted molar refractivity (Wildman–Crippen MR) is 86.2 cm³/mol. The molecule has 2 rings (SSSR count). The van der Waals surface area contributed by atoms with Crippen molar-refractivity contribution in [1.29, 1.82) is 5.26 Å². The van der Waals surface area contributed by atoms with Crippen molar-refractivity contribution in [3.8, 4) is 11.8 Å². The van der Waals surface area contributed by atoms with Gasteiger partial charge in [-0.05, 0) is 61.2 Å². The molecule has 0 saturated heterocycles. The fourth-order valence-corrected chi connectivity index (χ4v) is 2.36. The first-order chi connectivity index (χ1) is 10.1. The zero-order valence-electron chi connectivity index (χ0n) is 11.7. The third-order valence-electron chi connectivity index (χ3n) is 3.16. The molecule has 0 saturated carbocycles. The average molecular weight is 320 g/mol. The van der Waals surface area contributed by atoms with E-state index in [4.69, 9.17) is 33.2 Å². The van der Waals surface area contributed by atoms with Gasteiger partial charge in [-0.15, -0.1) is 0 Å². The minimum Gasteiger partial charge on any atom is -0.493 e. The number of halogens is 2. The maximum atomic E-state index is 8.82. The van der Waals surface area contributed by atoms with E-state index in [1.807, 2.05) is 37.3 Å². The SMILES string of the molecule is Cc1cc(C#N)ccc1OCCCc1ccc(Cl)c(Cl)c1. The summed E-state index contributed by atoms with van der Waals surface area (Å²) in [6, 6.07) is 13.2. The number of nitriles is 1. The molecule has 0 radical (unpaired) electrons. The lowest BCUT2D eigenvalue weighted by Crippen LogP contribution is -2.01. The van der Waals surface area contributed by atoms with Gasteiger partial charge in [0.1, 0.15) is 5.75 Å². The van der Waals surface area contributed by atoms with Crippen LogP contribution < -0.4 is 4.74 Å². The van der Waals surface area contributed by atoms with Crippen LogP contribution in [0, 0.1) is 18.3 Å². The van der Waals surface area contributed by atoms with Crippen molar-refractivity contribution in [3.63, 3.8) is 0 Å². The molecular weight excluding hydrogens is 305 g/mol. The molecule has 108 valence electrons. The van der Waals surface area contributed by atoms with Crippen molar-refractivity contribution in [2.45, 2.75) is 19.8 Å². The third-order valence-corrected chi connectivity index (χ3v) is 3.89. The molecule has 0 fully saturated rings. The van der Waals surface area contributed by atoms with Crippen LogP contribution in [0.3, 0.4) is 0 Å². The first-order valence-electron chi connectivity index (χ1n) is 6.67. The van der Waals surface area contributed by atoms with E-state index in [9.17, 15) is 0 Å². The van der Waals surface area contributed by atoms with Crippen LogP contribution >= 0.6 is 23.2 Å². The fraction of sp³-hybridized carbons (Fsp3) is 0.235. The summed E-state index contributed by atoms with van der Waals surface area (Å²) in [7, 11) is 0. The van der Waals surface area contributed by atoms with E-state index in [-0.39, 0.29) is 0 Å². The van der Waals surface area contributed by atoms with Crippen LogP contribution in [0.15, 0.2) is 36.4 Å². The molecule has 0 aromatic heterocycles. The van der Waals surface area contributed by atoms with Gasteiger partial charge in [-0.3, -0.25) is 0 Å². The van der Waals surface area contributed by atoms with Gasteiger partial charge in [0, 0.05) is 0 Å². The third kappa shape index (κ3) is 4.39. The number of ether oxygens (including phenoxy) is 1. The Morgan fingerprint density at radius 2 is 1.90 bits per heavy atom. The highest BCUT2D eigenvalue weighted by Crippen LogP contribution is 2.23. The number of nitrogens with zero attached hydrogens (tertiary/aromatic N) is 1. The summed E-state index contributed by atoms with van der Waals surface area (Å²) in [5, 5.41) is 9.98. The van der Waals surface area contributed by atoms with Gasteiger partial charge < -0.3 is 4.74 Å². The second kappa shape index (κ2) is 7.36. The van der Waals surface area contributed by atoms with Crippen molar-refractivity contribution in [2.75, 3.05) is 6.61 Å². The van der Waals surface area contributed by atoms with Crippen LogP contribution in [0.4, 0.5) is 0 Å². The van der Waals surface area contributed by atoms with Gasteiger partial charge in [0.25, 0.3) is 0 Å². The minimum absolute atomic E-state index is 0.574. The monoisotopic (exact) mass is 319 g/mol. The van der Waals surface area contributed by atoms with Gasteiger partial charge in [0.2, 0.25) is 0 Å². The maximum Gasteiger partial charge on any atom is 0.122 e. The van der Waals surface area contributed by atoms with Crippen LogP contribution in [0.5, 0.6) is 5.75 Å². The van der Waals surface area contributed by atoms with E-state index >= 15 is 0 Å². The second-order valence-corrected chi connectivity index (χ2v) is 5.61. The Kier molecular flexibility index (Phi) is 5.50. The van der Waals surface area contributed by atoms with Crippen molar-refractivity contribution >= 4 is 23.2 Å². The molecule has 2 nitrogen and oxygen atoms in total. The summed E-state index contributed by atoms with van der Waals surface area (Å²) in [6.45, 7) is 2.56. The molecule has 0 heterocycles. The Bertz CT molecular complexity index is 677. The Hall–Kier alpha value is -1.69. The van der Waals surface area contributed by atoms with Crippen LogP contribution in [-0.4, -0.2) is 6.61 Å². The Labute approximate surface area is 134 Å². The highest BCUT2D eigenvalue weighted by molar-refractivity contribution is 6.42. The first-order valence-corrected chi connectivity index (χ1v) is 7.43. The Morgan fingerprint density at radius 3 is 2.57 bits per heavy atom. The molecule has 2 aromatic rings. The van der Waals surface area contributed by atoms with Gasteiger partial charge in [-0.2, -0.15) is 5.26 Å². The molecule has 0 aliphatic heterocycles. The molecule has 0 atom stereocenters. The molecule has 0 spiro atoms. The van der Waals surface area contributed by atoms with Gasteiger partial charge in [0.05, 0.1) is 28.3 Å². The molecule has 4 heteroatoms. The summed E-state index contributed by atoms with van der Waals surface area (Å²) in [5.41, 5.74) is 2.77. The second-order valence-electron chi connectivity index (χ2n) is 4.79. The predicted octanol–water partition coefficient (Wildman–Crippen LogP) is 5.19. The number of hydrogen-bond donors (Lipinski definition) is 0. The molecule has 0 aliphatic carbocycles. The smallest absolute Gasteiger partial charge is 0.122 e.